The first-order valence-corrected chi connectivity index (χ1v) is 21.6. The minimum Gasteiger partial charge on any atom is -0.310 e. The van der Waals surface area contributed by atoms with Gasteiger partial charge in [0.05, 0.1) is 16.7 Å². The summed E-state index contributed by atoms with van der Waals surface area (Å²) >= 11 is 1.86. The number of rotatable bonds is 7. The van der Waals surface area contributed by atoms with Crippen molar-refractivity contribution in [3.8, 4) is 39.1 Å². The van der Waals surface area contributed by atoms with E-state index in [1.165, 1.54) is 91.8 Å². The molecule has 286 valence electrons. The average Bonchev–Trinajstić information content (AvgIpc) is 3.87. The highest BCUT2D eigenvalue weighted by atomic mass is 32.1. The van der Waals surface area contributed by atoms with Crippen molar-refractivity contribution in [2.75, 3.05) is 4.90 Å². The maximum atomic E-state index is 2.42. The average molecular weight is 795 g/mol. The zero-order valence-corrected chi connectivity index (χ0v) is 34.1. The second-order valence-electron chi connectivity index (χ2n) is 15.7. The van der Waals surface area contributed by atoms with Crippen LogP contribution in [-0.2, 0) is 0 Å². The molecule has 0 radical (unpaired) electrons. The lowest BCUT2D eigenvalue weighted by Crippen LogP contribution is -2.10. The number of aromatic nitrogens is 1. The van der Waals surface area contributed by atoms with Crippen LogP contribution in [0.15, 0.2) is 231 Å². The maximum Gasteiger partial charge on any atom is 0.0547 e. The van der Waals surface area contributed by atoms with E-state index < -0.39 is 0 Å². The molecule has 0 N–H and O–H groups in total. The van der Waals surface area contributed by atoms with Crippen molar-refractivity contribution < 1.29 is 0 Å². The Balaban J connectivity index is 0.961. The molecule has 0 aliphatic carbocycles. The first-order valence-electron chi connectivity index (χ1n) is 20.8. The van der Waals surface area contributed by atoms with Gasteiger partial charge in [-0.1, -0.05) is 152 Å². The number of thiophene rings is 1. The molecule has 0 amide bonds. The molecule has 0 bridgehead atoms. The van der Waals surface area contributed by atoms with Gasteiger partial charge in [-0.15, -0.1) is 11.3 Å². The Kier molecular flexibility index (Phi) is 8.39. The van der Waals surface area contributed by atoms with Gasteiger partial charge in [0.2, 0.25) is 0 Å². The topological polar surface area (TPSA) is 8.17 Å². The van der Waals surface area contributed by atoms with Gasteiger partial charge in [-0.05, 0) is 118 Å². The van der Waals surface area contributed by atoms with Gasteiger partial charge in [0.1, 0.15) is 0 Å². The molecule has 2 heterocycles. The van der Waals surface area contributed by atoms with E-state index >= 15 is 0 Å². The number of hydrogen-bond acceptors (Lipinski definition) is 2. The van der Waals surface area contributed by atoms with Gasteiger partial charge in [0, 0.05) is 53.4 Å². The summed E-state index contributed by atoms with van der Waals surface area (Å²) < 4.78 is 4.96. The van der Waals surface area contributed by atoms with Gasteiger partial charge >= 0.3 is 0 Å². The fraction of sp³-hybridized carbons (Fsp3) is 0. The molecular weight excluding hydrogens is 757 g/mol. The smallest absolute Gasteiger partial charge is 0.0547 e. The minimum atomic E-state index is 1.12. The van der Waals surface area contributed by atoms with Crippen LogP contribution in [-0.4, -0.2) is 4.57 Å². The third kappa shape index (κ3) is 6.09. The summed E-state index contributed by atoms with van der Waals surface area (Å²) in [6.45, 7) is 0. The SMILES string of the molecule is c1ccc(-c2ccc(N(c3ccc4sc5ccc(-c6cccc(-c7ccc8c9ccccc9n(-c9ccccc9)c8c7)c6)cc5c4c3)c3cccc4ccccc34)cc2)cc1. The molecule has 2 nitrogen and oxygen atoms in total. The Bertz CT molecular complexity index is 3580. The van der Waals surface area contributed by atoms with E-state index in [4.69, 9.17) is 0 Å². The molecule has 0 saturated carbocycles. The first-order chi connectivity index (χ1) is 30.2. The fourth-order valence-electron chi connectivity index (χ4n) is 9.23. The number of fused-ring (bicyclic) bond motifs is 7. The Morgan fingerprint density at radius 1 is 0.311 bits per heavy atom. The highest BCUT2D eigenvalue weighted by Crippen LogP contribution is 2.44. The maximum absolute atomic E-state index is 2.42. The lowest BCUT2D eigenvalue weighted by atomic mass is 9.97. The van der Waals surface area contributed by atoms with E-state index in [2.05, 4.69) is 240 Å². The van der Waals surface area contributed by atoms with Gasteiger partial charge < -0.3 is 9.47 Å². The highest BCUT2D eigenvalue weighted by Gasteiger charge is 2.18. The van der Waals surface area contributed by atoms with Crippen LogP contribution in [0.5, 0.6) is 0 Å². The third-order valence-electron chi connectivity index (χ3n) is 12.2. The molecule has 2 aromatic heterocycles. The van der Waals surface area contributed by atoms with Crippen LogP contribution in [0.2, 0.25) is 0 Å². The number of hydrogen-bond donors (Lipinski definition) is 0. The van der Waals surface area contributed by atoms with E-state index in [-0.39, 0.29) is 0 Å². The van der Waals surface area contributed by atoms with Crippen molar-refractivity contribution >= 4 is 81.1 Å². The molecule has 0 aliphatic rings. The second-order valence-corrected chi connectivity index (χ2v) is 16.8. The van der Waals surface area contributed by atoms with Crippen molar-refractivity contribution in [2.24, 2.45) is 0 Å². The van der Waals surface area contributed by atoms with Crippen molar-refractivity contribution in [1.29, 1.82) is 0 Å². The quantitative estimate of drug-likeness (QED) is 0.156. The predicted molar refractivity (Wildman–Crippen MR) is 262 cm³/mol. The number of benzene rings is 10. The molecule has 0 saturated heterocycles. The van der Waals surface area contributed by atoms with E-state index in [0.717, 1.165) is 17.1 Å². The predicted octanol–water partition coefficient (Wildman–Crippen LogP) is 16.8. The van der Waals surface area contributed by atoms with Crippen LogP contribution in [0, 0.1) is 0 Å². The number of para-hydroxylation sites is 2. The van der Waals surface area contributed by atoms with Crippen molar-refractivity contribution in [3.63, 3.8) is 0 Å². The summed E-state index contributed by atoms with van der Waals surface area (Å²) in [6.07, 6.45) is 0. The highest BCUT2D eigenvalue weighted by molar-refractivity contribution is 7.25. The summed E-state index contributed by atoms with van der Waals surface area (Å²) in [5, 5.41) is 7.50. The Morgan fingerprint density at radius 2 is 0.852 bits per heavy atom. The molecule has 12 aromatic rings. The molecule has 0 atom stereocenters. The zero-order chi connectivity index (χ0) is 40.3. The van der Waals surface area contributed by atoms with Crippen molar-refractivity contribution in [3.05, 3.63) is 231 Å². The van der Waals surface area contributed by atoms with Crippen LogP contribution < -0.4 is 4.90 Å². The van der Waals surface area contributed by atoms with E-state index in [1.54, 1.807) is 0 Å². The molecule has 61 heavy (non-hydrogen) atoms. The normalized spacial score (nSPS) is 11.6. The molecule has 12 rings (SSSR count). The number of nitrogens with zero attached hydrogens (tertiary/aromatic N) is 2. The summed E-state index contributed by atoms with van der Waals surface area (Å²) in [4.78, 5) is 2.42. The van der Waals surface area contributed by atoms with Gasteiger partial charge in [0.15, 0.2) is 0 Å². The van der Waals surface area contributed by atoms with Crippen LogP contribution in [0.25, 0.3) is 91.8 Å². The molecule has 0 aliphatic heterocycles. The summed E-state index contributed by atoms with van der Waals surface area (Å²) in [7, 11) is 0. The lowest BCUT2D eigenvalue weighted by Gasteiger charge is -2.27. The monoisotopic (exact) mass is 794 g/mol. The Labute approximate surface area is 358 Å². The lowest BCUT2D eigenvalue weighted by molar-refractivity contribution is 1.18. The fourth-order valence-corrected chi connectivity index (χ4v) is 10.3. The van der Waals surface area contributed by atoms with Gasteiger partial charge in [0.25, 0.3) is 0 Å². The summed E-state index contributed by atoms with van der Waals surface area (Å²) in [5.41, 5.74) is 14.2. The largest absolute Gasteiger partial charge is 0.310 e. The molecule has 10 aromatic carbocycles. The second kappa shape index (κ2) is 14.5. The van der Waals surface area contributed by atoms with Crippen molar-refractivity contribution in [2.45, 2.75) is 0 Å². The third-order valence-corrected chi connectivity index (χ3v) is 13.3. The van der Waals surface area contributed by atoms with Gasteiger partial charge in [-0.3, -0.25) is 0 Å². The minimum absolute atomic E-state index is 1.12. The first kappa shape index (κ1) is 35.2. The Morgan fingerprint density at radius 3 is 1.67 bits per heavy atom. The van der Waals surface area contributed by atoms with Crippen molar-refractivity contribution in [1.82, 2.24) is 4.57 Å². The zero-order valence-electron chi connectivity index (χ0n) is 33.2. The molecule has 0 spiro atoms. The van der Waals surface area contributed by atoms with E-state index in [0.29, 0.717) is 0 Å². The Hall–Kier alpha value is -7.72. The molecule has 3 heteroatoms. The molecule has 0 fully saturated rings. The number of anilines is 3. The van der Waals surface area contributed by atoms with Crippen LogP contribution >= 0.6 is 11.3 Å². The standard InChI is InChI=1S/C58H38N2S/c1-3-13-39(14-4-1)40-25-29-47(30-26-40)59(54-24-12-16-41-15-7-8-21-49(41)54)48-31-34-58-53(38-48)52-36-44(28-33-57(52)61-58)42-17-11-18-43(35-42)45-27-32-51-50-22-9-10-23-55(50)60(56(51)37-45)46-19-5-2-6-20-46/h1-38H. The van der Waals surface area contributed by atoms with Gasteiger partial charge in [-0.2, -0.15) is 0 Å². The van der Waals surface area contributed by atoms with E-state index in [9.17, 15) is 0 Å². The van der Waals surface area contributed by atoms with Crippen LogP contribution in [0.4, 0.5) is 17.1 Å². The molecular formula is C58H38N2S. The molecule has 0 unspecified atom stereocenters. The summed E-state index contributed by atoms with van der Waals surface area (Å²) in [5.74, 6) is 0. The summed E-state index contributed by atoms with van der Waals surface area (Å²) in [6, 6.07) is 84.2. The van der Waals surface area contributed by atoms with E-state index in [1.807, 2.05) is 11.3 Å². The van der Waals surface area contributed by atoms with Crippen LogP contribution in [0.1, 0.15) is 0 Å². The van der Waals surface area contributed by atoms with Crippen LogP contribution in [0.3, 0.4) is 0 Å². The van der Waals surface area contributed by atoms with Gasteiger partial charge in [-0.25, -0.2) is 0 Å².